The molecule has 0 spiro atoms. The number of hydrogen-bond acceptors (Lipinski definition) is 2. The summed E-state index contributed by atoms with van der Waals surface area (Å²) in [6, 6.07) is 20.3. The largest absolute Gasteiger partial charge is 0.349 e. The summed E-state index contributed by atoms with van der Waals surface area (Å²) in [6.45, 7) is 0.544. The van der Waals surface area contributed by atoms with E-state index in [9.17, 15) is 4.79 Å². The first-order valence-corrected chi connectivity index (χ1v) is 7.38. The van der Waals surface area contributed by atoms with Gasteiger partial charge in [0.1, 0.15) is 0 Å². The number of hydrogen-bond donors (Lipinski definition) is 2. The molecule has 3 N–H and O–H groups in total. The van der Waals surface area contributed by atoms with Gasteiger partial charge in [0, 0.05) is 6.42 Å². The van der Waals surface area contributed by atoms with E-state index in [1.165, 1.54) is 5.56 Å². The minimum atomic E-state index is -0.00104. The molecule has 110 valence electrons. The lowest BCUT2D eigenvalue weighted by molar-refractivity contribution is -0.121. The van der Waals surface area contributed by atoms with Crippen LogP contribution in [0, 0.1) is 0 Å². The fraction of sp³-hybridized carbons (Fsp3) is 0.278. The fourth-order valence-electron chi connectivity index (χ4n) is 2.32. The normalized spacial score (nSPS) is 11.9. The highest BCUT2D eigenvalue weighted by atomic mass is 16.1. The highest BCUT2D eigenvalue weighted by Gasteiger charge is 2.14. The maximum Gasteiger partial charge on any atom is 0.220 e. The van der Waals surface area contributed by atoms with Gasteiger partial charge in [0.2, 0.25) is 5.91 Å². The van der Waals surface area contributed by atoms with E-state index in [4.69, 9.17) is 5.73 Å². The second-order valence-electron chi connectivity index (χ2n) is 5.11. The van der Waals surface area contributed by atoms with E-state index in [0.29, 0.717) is 13.0 Å². The first-order valence-electron chi connectivity index (χ1n) is 7.38. The van der Waals surface area contributed by atoms with Gasteiger partial charge in [0.25, 0.3) is 0 Å². The lowest BCUT2D eigenvalue weighted by atomic mass is 9.98. The van der Waals surface area contributed by atoms with Crippen LogP contribution in [0.1, 0.15) is 30.0 Å². The third-order valence-electron chi connectivity index (χ3n) is 3.43. The van der Waals surface area contributed by atoms with Crippen LogP contribution in [0.25, 0.3) is 0 Å². The summed E-state index contributed by atoms with van der Waals surface area (Å²) in [5, 5.41) is 3.12. The quantitative estimate of drug-likeness (QED) is 0.820. The van der Waals surface area contributed by atoms with Crippen molar-refractivity contribution in [2.75, 3.05) is 6.54 Å². The molecule has 1 unspecified atom stereocenters. The third-order valence-corrected chi connectivity index (χ3v) is 3.43. The Labute approximate surface area is 126 Å². The van der Waals surface area contributed by atoms with Crippen LogP contribution >= 0.6 is 0 Å². The molecule has 0 aliphatic heterocycles. The van der Waals surface area contributed by atoms with Crippen molar-refractivity contribution in [1.82, 2.24) is 5.32 Å². The second kappa shape index (κ2) is 8.22. The Bertz CT molecular complexity index is 540. The number of amides is 1. The molecule has 0 aromatic heterocycles. The molecule has 0 heterocycles. The van der Waals surface area contributed by atoms with Crippen LogP contribution < -0.4 is 11.1 Å². The summed E-state index contributed by atoms with van der Waals surface area (Å²) in [5.41, 5.74) is 7.80. The number of nitrogens with one attached hydrogen (secondary N) is 1. The van der Waals surface area contributed by atoms with E-state index in [1.807, 2.05) is 36.4 Å². The fourth-order valence-corrected chi connectivity index (χ4v) is 2.32. The lowest BCUT2D eigenvalue weighted by Crippen LogP contribution is -2.30. The molecule has 0 aliphatic rings. The molecule has 0 bridgehead atoms. The SMILES string of the molecule is NCCCC(=O)NC(Cc1ccccc1)c1ccccc1. The maximum atomic E-state index is 12.0. The number of nitrogens with two attached hydrogens (primary N) is 1. The van der Waals surface area contributed by atoms with Crippen molar-refractivity contribution in [3.8, 4) is 0 Å². The van der Waals surface area contributed by atoms with Crippen LogP contribution in [0.3, 0.4) is 0 Å². The Morgan fingerprint density at radius 3 is 2.24 bits per heavy atom. The zero-order valence-electron chi connectivity index (χ0n) is 12.2. The van der Waals surface area contributed by atoms with Gasteiger partial charge >= 0.3 is 0 Å². The van der Waals surface area contributed by atoms with Gasteiger partial charge in [-0.05, 0) is 30.5 Å². The number of benzene rings is 2. The zero-order valence-corrected chi connectivity index (χ0v) is 12.2. The lowest BCUT2D eigenvalue weighted by Gasteiger charge is -2.19. The molecule has 0 saturated carbocycles. The summed E-state index contributed by atoms with van der Waals surface area (Å²) >= 11 is 0. The van der Waals surface area contributed by atoms with E-state index >= 15 is 0 Å². The molecule has 3 nitrogen and oxygen atoms in total. The molecule has 1 atom stereocenters. The average Bonchev–Trinajstić information content (AvgIpc) is 2.54. The minimum Gasteiger partial charge on any atom is -0.349 e. The first kappa shape index (κ1) is 15.3. The Balaban J connectivity index is 2.09. The Morgan fingerprint density at radius 2 is 1.62 bits per heavy atom. The Morgan fingerprint density at radius 1 is 1.00 bits per heavy atom. The third kappa shape index (κ3) is 5.04. The van der Waals surface area contributed by atoms with Crippen molar-refractivity contribution in [2.24, 2.45) is 5.73 Å². The van der Waals surface area contributed by atoms with Crippen LogP contribution in [-0.4, -0.2) is 12.5 Å². The summed E-state index contributed by atoms with van der Waals surface area (Å²) in [7, 11) is 0. The highest BCUT2D eigenvalue weighted by molar-refractivity contribution is 5.76. The molecule has 21 heavy (non-hydrogen) atoms. The zero-order chi connectivity index (χ0) is 14.9. The standard InChI is InChI=1S/C18H22N2O/c19-13-7-12-18(21)20-17(16-10-5-2-6-11-16)14-15-8-3-1-4-9-15/h1-6,8-11,17H,7,12-14,19H2,(H,20,21). The number of rotatable bonds is 7. The Hall–Kier alpha value is -2.13. The van der Waals surface area contributed by atoms with Gasteiger partial charge in [0.05, 0.1) is 6.04 Å². The van der Waals surface area contributed by atoms with Gasteiger partial charge < -0.3 is 11.1 Å². The maximum absolute atomic E-state index is 12.0. The van der Waals surface area contributed by atoms with Crippen LogP contribution in [0.15, 0.2) is 60.7 Å². The van der Waals surface area contributed by atoms with Gasteiger partial charge in [-0.25, -0.2) is 0 Å². The van der Waals surface area contributed by atoms with Gasteiger partial charge in [-0.3, -0.25) is 4.79 Å². The van der Waals surface area contributed by atoms with Crippen LogP contribution in [0.5, 0.6) is 0 Å². The first-order chi connectivity index (χ1) is 10.3. The molecular formula is C18H22N2O. The average molecular weight is 282 g/mol. The molecule has 0 saturated heterocycles. The molecule has 0 radical (unpaired) electrons. The van der Waals surface area contributed by atoms with Crippen molar-refractivity contribution in [3.63, 3.8) is 0 Å². The summed E-state index contributed by atoms with van der Waals surface area (Å²) < 4.78 is 0. The molecule has 0 aliphatic carbocycles. The molecule has 1 amide bonds. The summed E-state index contributed by atoms with van der Waals surface area (Å²) in [5.74, 6) is 0.0604. The van der Waals surface area contributed by atoms with Crippen molar-refractivity contribution < 1.29 is 4.79 Å². The Kier molecular flexibility index (Phi) is 5.98. The van der Waals surface area contributed by atoms with E-state index in [-0.39, 0.29) is 11.9 Å². The predicted octanol–water partition coefficient (Wildman–Crippen LogP) is 2.83. The highest BCUT2D eigenvalue weighted by Crippen LogP contribution is 2.18. The molecule has 3 heteroatoms. The van der Waals surface area contributed by atoms with Crippen molar-refractivity contribution >= 4 is 5.91 Å². The van der Waals surface area contributed by atoms with Gasteiger partial charge in [-0.1, -0.05) is 60.7 Å². The predicted molar refractivity (Wildman–Crippen MR) is 85.8 cm³/mol. The van der Waals surface area contributed by atoms with E-state index in [0.717, 1.165) is 18.4 Å². The second-order valence-corrected chi connectivity index (χ2v) is 5.11. The van der Waals surface area contributed by atoms with Crippen molar-refractivity contribution in [3.05, 3.63) is 71.8 Å². The molecule has 2 rings (SSSR count). The molecule has 2 aromatic carbocycles. The molecule has 0 fully saturated rings. The summed E-state index contributed by atoms with van der Waals surface area (Å²) in [4.78, 5) is 12.0. The van der Waals surface area contributed by atoms with E-state index in [2.05, 4.69) is 29.6 Å². The molecular weight excluding hydrogens is 260 g/mol. The minimum absolute atomic E-state index is 0.00104. The summed E-state index contributed by atoms with van der Waals surface area (Å²) in [6.07, 6.45) is 1.99. The van der Waals surface area contributed by atoms with Gasteiger partial charge in [-0.2, -0.15) is 0 Å². The topological polar surface area (TPSA) is 55.1 Å². The number of carbonyl (C=O) groups is 1. The molecule has 2 aromatic rings. The monoisotopic (exact) mass is 282 g/mol. The van der Waals surface area contributed by atoms with E-state index < -0.39 is 0 Å². The van der Waals surface area contributed by atoms with E-state index in [1.54, 1.807) is 0 Å². The van der Waals surface area contributed by atoms with Gasteiger partial charge in [0.15, 0.2) is 0 Å². The smallest absolute Gasteiger partial charge is 0.220 e. The van der Waals surface area contributed by atoms with Crippen molar-refractivity contribution in [2.45, 2.75) is 25.3 Å². The van der Waals surface area contributed by atoms with Gasteiger partial charge in [-0.15, -0.1) is 0 Å². The van der Waals surface area contributed by atoms with Crippen LogP contribution in [0.4, 0.5) is 0 Å². The van der Waals surface area contributed by atoms with Crippen LogP contribution in [0.2, 0.25) is 0 Å². The van der Waals surface area contributed by atoms with Crippen LogP contribution in [-0.2, 0) is 11.2 Å². The van der Waals surface area contributed by atoms with Crippen molar-refractivity contribution in [1.29, 1.82) is 0 Å². The number of carbonyl (C=O) groups excluding carboxylic acids is 1.